The quantitative estimate of drug-likeness (QED) is 0.785. The van der Waals surface area contributed by atoms with Crippen LogP contribution in [0.3, 0.4) is 0 Å². The average Bonchev–Trinajstić information content (AvgIpc) is 2.27. The van der Waals surface area contributed by atoms with Crippen LogP contribution in [-0.2, 0) is 4.79 Å². The summed E-state index contributed by atoms with van der Waals surface area (Å²) in [5, 5.41) is 11.5. The van der Waals surface area contributed by atoms with Gasteiger partial charge in [-0.2, -0.15) is 0 Å². The topological polar surface area (TPSA) is 66.4 Å². The summed E-state index contributed by atoms with van der Waals surface area (Å²) in [6.07, 6.45) is 0. The van der Waals surface area contributed by atoms with Gasteiger partial charge in [0.15, 0.2) is 11.6 Å². The number of hydrogen-bond donors (Lipinski definition) is 2. The molecule has 98 valence electrons. The van der Waals surface area contributed by atoms with Crippen molar-refractivity contribution >= 4 is 17.3 Å². The number of Topliss-reactive ketones (excluding diaryl/α,β-unsaturated/α-hetero) is 2. The van der Waals surface area contributed by atoms with E-state index in [2.05, 4.69) is 5.32 Å². The van der Waals surface area contributed by atoms with Gasteiger partial charge in [0.1, 0.15) is 12.4 Å². The van der Waals surface area contributed by atoms with Crippen molar-refractivity contribution in [3.63, 3.8) is 0 Å². The maximum Gasteiger partial charge on any atom is 0.191 e. The molecule has 0 aliphatic rings. The van der Waals surface area contributed by atoms with Gasteiger partial charge in [0.25, 0.3) is 0 Å². The number of aliphatic hydroxyl groups excluding tert-OH is 1. The smallest absolute Gasteiger partial charge is 0.191 e. The molecule has 1 aromatic rings. The van der Waals surface area contributed by atoms with Gasteiger partial charge in [-0.1, -0.05) is 0 Å². The first-order valence-corrected chi connectivity index (χ1v) is 5.51. The molecule has 5 heteroatoms. The molecule has 0 spiro atoms. The Balaban J connectivity index is 2.99. The number of benzene rings is 1. The van der Waals surface area contributed by atoms with Gasteiger partial charge in [0, 0.05) is 5.69 Å². The Morgan fingerprint density at radius 1 is 1.39 bits per heavy atom. The van der Waals surface area contributed by atoms with Gasteiger partial charge in [-0.3, -0.25) is 9.59 Å². The van der Waals surface area contributed by atoms with E-state index in [9.17, 15) is 14.0 Å². The van der Waals surface area contributed by atoms with Crippen molar-refractivity contribution in [3.05, 3.63) is 29.6 Å². The van der Waals surface area contributed by atoms with Gasteiger partial charge in [-0.25, -0.2) is 4.39 Å². The van der Waals surface area contributed by atoms with Crippen LogP contribution in [0.2, 0.25) is 0 Å². The van der Waals surface area contributed by atoms with Crippen molar-refractivity contribution < 1.29 is 19.1 Å². The number of carbonyl (C=O) groups excluding carboxylic acids is 2. The normalized spacial score (nSPS) is 11.2. The van der Waals surface area contributed by atoms with E-state index in [1.165, 1.54) is 19.1 Å². The number of rotatable bonds is 5. The van der Waals surface area contributed by atoms with Crippen molar-refractivity contribution in [2.75, 3.05) is 11.9 Å². The first kappa shape index (κ1) is 14.3. The summed E-state index contributed by atoms with van der Waals surface area (Å²) in [4.78, 5) is 22.5. The van der Waals surface area contributed by atoms with Gasteiger partial charge in [0.2, 0.25) is 0 Å². The summed E-state index contributed by atoms with van der Waals surface area (Å²) < 4.78 is 13.6. The molecule has 1 rings (SSSR count). The van der Waals surface area contributed by atoms with Gasteiger partial charge in [-0.05, 0) is 39.0 Å². The molecule has 1 aromatic carbocycles. The molecule has 0 aliphatic heterocycles. The van der Waals surface area contributed by atoms with E-state index in [1.54, 1.807) is 13.8 Å². The Bertz CT molecular complexity index is 483. The summed E-state index contributed by atoms with van der Waals surface area (Å²) in [7, 11) is 0. The molecule has 0 radical (unpaired) electrons. The van der Waals surface area contributed by atoms with Crippen LogP contribution in [-0.4, -0.2) is 28.8 Å². The number of carbonyl (C=O) groups is 2. The molecule has 0 saturated carbocycles. The van der Waals surface area contributed by atoms with E-state index in [1.807, 2.05) is 0 Å². The minimum Gasteiger partial charge on any atom is -0.388 e. The van der Waals surface area contributed by atoms with Crippen molar-refractivity contribution in [2.45, 2.75) is 26.3 Å². The fourth-order valence-electron chi connectivity index (χ4n) is 1.35. The van der Waals surface area contributed by atoms with E-state index in [-0.39, 0.29) is 11.3 Å². The summed E-state index contributed by atoms with van der Waals surface area (Å²) in [5.41, 5.74) is -0.569. The Morgan fingerprint density at radius 2 is 2.00 bits per heavy atom. The van der Waals surface area contributed by atoms with Crippen LogP contribution in [0.4, 0.5) is 10.1 Å². The molecule has 0 bridgehead atoms. The van der Waals surface area contributed by atoms with Crippen LogP contribution in [0.5, 0.6) is 0 Å². The van der Waals surface area contributed by atoms with E-state index in [4.69, 9.17) is 5.11 Å². The third kappa shape index (κ3) is 3.13. The molecule has 0 unspecified atom stereocenters. The molecule has 4 nitrogen and oxygen atoms in total. The first-order chi connectivity index (χ1) is 8.27. The molecule has 0 aliphatic carbocycles. The fraction of sp³-hybridized carbons (Fsp3) is 0.385. The summed E-state index contributed by atoms with van der Waals surface area (Å²) in [6.45, 7) is 4.07. The molecule has 0 aromatic heterocycles. The summed E-state index contributed by atoms with van der Waals surface area (Å²) in [6, 6.07) is 3.91. The zero-order valence-corrected chi connectivity index (χ0v) is 10.6. The van der Waals surface area contributed by atoms with Crippen molar-refractivity contribution in [2.24, 2.45) is 0 Å². The highest BCUT2D eigenvalue weighted by atomic mass is 19.1. The van der Waals surface area contributed by atoms with Crippen molar-refractivity contribution in [1.29, 1.82) is 0 Å². The molecule has 18 heavy (non-hydrogen) atoms. The van der Waals surface area contributed by atoms with E-state index >= 15 is 0 Å². The van der Waals surface area contributed by atoms with Gasteiger partial charge in [-0.15, -0.1) is 0 Å². The van der Waals surface area contributed by atoms with Gasteiger partial charge >= 0.3 is 0 Å². The lowest BCUT2D eigenvalue weighted by atomic mass is 9.99. The Kier molecular flexibility index (Phi) is 4.19. The average molecular weight is 253 g/mol. The number of ketones is 2. The third-order valence-corrected chi connectivity index (χ3v) is 2.75. The zero-order chi connectivity index (χ0) is 13.9. The number of anilines is 1. The summed E-state index contributed by atoms with van der Waals surface area (Å²) in [5.74, 6) is -1.48. The minimum absolute atomic E-state index is 0.0848. The highest BCUT2D eigenvalue weighted by Gasteiger charge is 2.23. The SMILES string of the molecule is CC(=O)C(C)(C)Nc1ccc(C(=O)CO)c(F)c1. The standard InChI is InChI=1S/C13H16FNO3/c1-8(17)13(2,3)15-9-4-5-10(11(14)6-9)12(18)7-16/h4-6,15-16H,7H2,1-3H3. The predicted octanol–water partition coefficient (Wildman–Crippen LogP) is 1.78. The minimum atomic E-state index is -0.811. The second kappa shape index (κ2) is 5.27. The number of aliphatic hydroxyl groups is 1. The first-order valence-electron chi connectivity index (χ1n) is 5.51. The lowest BCUT2D eigenvalue weighted by Crippen LogP contribution is -2.38. The number of hydrogen-bond acceptors (Lipinski definition) is 4. The molecule has 0 saturated heterocycles. The second-order valence-electron chi connectivity index (χ2n) is 4.58. The van der Waals surface area contributed by atoms with E-state index in [0.717, 1.165) is 6.07 Å². The summed E-state index contributed by atoms with van der Waals surface area (Å²) >= 11 is 0. The molecule has 0 heterocycles. The molecule has 0 fully saturated rings. The lowest BCUT2D eigenvalue weighted by molar-refractivity contribution is -0.120. The van der Waals surface area contributed by atoms with E-state index < -0.39 is 23.7 Å². The van der Waals surface area contributed by atoms with Crippen LogP contribution in [0.1, 0.15) is 31.1 Å². The van der Waals surface area contributed by atoms with Crippen LogP contribution in [0, 0.1) is 5.82 Å². The van der Waals surface area contributed by atoms with Crippen LogP contribution in [0.15, 0.2) is 18.2 Å². The predicted molar refractivity (Wildman–Crippen MR) is 66.2 cm³/mol. The Labute approximate surface area is 105 Å². The fourth-order valence-corrected chi connectivity index (χ4v) is 1.35. The maximum atomic E-state index is 13.6. The highest BCUT2D eigenvalue weighted by molar-refractivity contribution is 5.97. The molecular weight excluding hydrogens is 237 g/mol. The Morgan fingerprint density at radius 3 is 2.44 bits per heavy atom. The van der Waals surface area contributed by atoms with Gasteiger partial charge in [0.05, 0.1) is 11.1 Å². The molecule has 0 amide bonds. The van der Waals surface area contributed by atoms with Crippen molar-refractivity contribution in [1.82, 2.24) is 0 Å². The largest absolute Gasteiger partial charge is 0.388 e. The molecular formula is C13H16FNO3. The lowest BCUT2D eigenvalue weighted by Gasteiger charge is -2.24. The number of nitrogens with one attached hydrogen (secondary N) is 1. The van der Waals surface area contributed by atoms with Crippen molar-refractivity contribution in [3.8, 4) is 0 Å². The van der Waals surface area contributed by atoms with E-state index in [0.29, 0.717) is 5.69 Å². The van der Waals surface area contributed by atoms with Crippen LogP contribution in [0.25, 0.3) is 0 Å². The number of halogens is 1. The van der Waals surface area contributed by atoms with Crippen LogP contribution < -0.4 is 5.32 Å². The zero-order valence-electron chi connectivity index (χ0n) is 10.6. The van der Waals surface area contributed by atoms with Gasteiger partial charge < -0.3 is 10.4 Å². The monoisotopic (exact) mass is 253 g/mol. The molecule has 2 N–H and O–H groups in total. The molecule has 0 atom stereocenters. The highest BCUT2D eigenvalue weighted by Crippen LogP contribution is 2.19. The maximum absolute atomic E-state index is 13.6. The Hall–Kier alpha value is -1.75. The third-order valence-electron chi connectivity index (χ3n) is 2.75. The second-order valence-corrected chi connectivity index (χ2v) is 4.58. The van der Waals surface area contributed by atoms with Crippen LogP contribution >= 0.6 is 0 Å².